The highest BCUT2D eigenvalue weighted by molar-refractivity contribution is 9.10. The van der Waals surface area contributed by atoms with Crippen molar-refractivity contribution in [3.8, 4) is 5.69 Å². The lowest BCUT2D eigenvalue weighted by Gasteiger charge is -2.18. The number of ketones is 1. The first kappa shape index (κ1) is 19.7. The third kappa shape index (κ3) is 2.71. The quantitative estimate of drug-likeness (QED) is 0.238. The van der Waals surface area contributed by atoms with Crippen molar-refractivity contribution >= 4 is 54.7 Å². The number of fused-ring (bicyclic) bond motifs is 6. The molecule has 0 unspecified atom stereocenters. The van der Waals surface area contributed by atoms with E-state index in [1.54, 1.807) is 0 Å². The zero-order valence-electron chi connectivity index (χ0n) is 18.4. The maximum Gasteiger partial charge on any atom is 0.194 e. The molecule has 7 rings (SSSR count). The normalized spacial score (nSPS) is 15.1. The Bertz CT molecular complexity index is 1720. The number of allylic oxidation sites excluding steroid dienone is 4. The minimum atomic E-state index is 0.144. The Morgan fingerprint density at radius 2 is 1.56 bits per heavy atom. The van der Waals surface area contributed by atoms with Gasteiger partial charge in [0.05, 0.1) is 11.0 Å². The highest BCUT2D eigenvalue weighted by atomic mass is 79.9. The van der Waals surface area contributed by atoms with Gasteiger partial charge in [-0.15, -0.1) is 0 Å². The number of hydrogen-bond donors (Lipinski definition) is 0. The Morgan fingerprint density at radius 3 is 2.44 bits per heavy atom. The van der Waals surface area contributed by atoms with Gasteiger partial charge >= 0.3 is 0 Å². The van der Waals surface area contributed by atoms with Crippen LogP contribution in [0.1, 0.15) is 34.3 Å². The second-order valence-electron chi connectivity index (χ2n) is 8.92. The summed E-state index contributed by atoms with van der Waals surface area (Å²) in [7, 11) is 0. The molecule has 34 heavy (non-hydrogen) atoms. The molecule has 2 aliphatic carbocycles. The Labute approximate surface area is 206 Å². The van der Waals surface area contributed by atoms with Crippen molar-refractivity contribution in [2.75, 3.05) is 0 Å². The molecule has 0 spiro atoms. The molecule has 5 aromatic rings. The summed E-state index contributed by atoms with van der Waals surface area (Å²) in [4.78, 5) is 13.2. The van der Waals surface area contributed by atoms with Gasteiger partial charge in [-0.1, -0.05) is 76.6 Å². The molecular formula is C31H20BrNO. The summed E-state index contributed by atoms with van der Waals surface area (Å²) in [6.45, 7) is 0. The van der Waals surface area contributed by atoms with E-state index in [2.05, 4.69) is 99.4 Å². The van der Waals surface area contributed by atoms with E-state index in [1.165, 1.54) is 32.9 Å². The first-order valence-electron chi connectivity index (χ1n) is 11.6. The van der Waals surface area contributed by atoms with E-state index < -0.39 is 0 Å². The standard InChI is InChI=1S/C31H20BrNO/c32-26-14-7-13-24-30(26)29-21(11-6-12-23(29)31(24)34)19-16-17-28-25(18-19)22-10-4-5-15-27(22)33(28)20-8-2-1-3-9-20/h1-5,7-10,12-18H,6,11H2. The molecule has 2 nitrogen and oxygen atoms in total. The van der Waals surface area contributed by atoms with E-state index in [9.17, 15) is 4.79 Å². The third-order valence-electron chi connectivity index (χ3n) is 7.10. The van der Waals surface area contributed by atoms with Gasteiger partial charge in [0.15, 0.2) is 5.78 Å². The zero-order chi connectivity index (χ0) is 22.8. The Morgan fingerprint density at radius 1 is 0.765 bits per heavy atom. The number of carbonyl (C=O) groups is 1. The highest BCUT2D eigenvalue weighted by Gasteiger charge is 2.35. The molecule has 0 atom stereocenters. The number of carbonyl (C=O) groups excluding carboxylic acids is 1. The molecule has 0 aliphatic heterocycles. The van der Waals surface area contributed by atoms with Crippen LogP contribution in [0.4, 0.5) is 0 Å². The average molecular weight is 502 g/mol. The first-order chi connectivity index (χ1) is 16.7. The summed E-state index contributed by atoms with van der Waals surface area (Å²) in [5.41, 5.74) is 9.81. The monoisotopic (exact) mass is 501 g/mol. The average Bonchev–Trinajstić information content (AvgIpc) is 3.37. The Kier molecular flexibility index (Phi) is 4.30. The summed E-state index contributed by atoms with van der Waals surface area (Å²) < 4.78 is 3.32. The first-order valence-corrected chi connectivity index (χ1v) is 12.4. The Balaban J connectivity index is 1.52. The number of halogens is 1. The van der Waals surface area contributed by atoms with Gasteiger partial charge in [-0.05, 0) is 65.9 Å². The smallest absolute Gasteiger partial charge is 0.194 e. The lowest BCUT2D eigenvalue weighted by atomic mass is 9.86. The van der Waals surface area contributed by atoms with Crippen LogP contribution in [0.3, 0.4) is 0 Å². The molecule has 0 radical (unpaired) electrons. The molecule has 0 saturated heterocycles. The lowest BCUT2D eigenvalue weighted by Crippen LogP contribution is -2.01. The molecule has 2 aliphatic rings. The van der Waals surface area contributed by atoms with E-state index in [1.807, 2.05) is 18.2 Å². The lowest BCUT2D eigenvalue weighted by molar-refractivity contribution is 0.104. The van der Waals surface area contributed by atoms with E-state index in [0.29, 0.717) is 0 Å². The number of aromatic nitrogens is 1. The van der Waals surface area contributed by atoms with E-state index in [0.717, 1.165) is 45.3 Å². The fraction of sp³-hybridized carbons (Fsp3) is 0.0645. The number of hydrogen-bond acceptors (Lipinski definition) is 1. The predicted octanol–water partition coefficient (Wildman–Crippen LogP) is 8.37. The van der Waals surface area contributed by atoms with Crippen LogP contribution in [0.15, 0.2) is 107 Å². The second-order valence-corrected chi connectivity index (χ2v) is 9.78. The van der Waals surface area contributed by atoms with Gasteiger partial charge in [-0.25, -0.2) is 0 Å². The van der Waals surface area contributed by atoms with Crippen LogP contribution in [0, 0.1) is 0 Å². The van der Waals surface area contributed by atoms with Gasteiger partial charge in [-0.3, -0.25) is 4.79 Å². The molecule has 0 saturated carbocycles. The molecule has 4 aromatic carbocycles. The van der Waals surface area contributed by atoms with Crippen LogP contribution in [-0.2, 0) is 0 Å². The molecule has 0 fully saturated rings. The summed E-state index contributed by atoms with van der Waals surface area (Å²) in [5, 5.41) is 2.47. The molecule has 3 heteroatoms. The summed E-state index contributed by atoms with van der Waals surface area (Å²) in [5.74, 6) is 0.144. The zero-order valence-corrected chi connectivity index (χ0v) is 20.0. The topological polar surface area (TPSA) is 22.0 Å². The van der Waals surface area contributed by atoms with Crippen LogP contribution in [0.2, 0.25) is 0 Å². The van der Waals surface area contributed by atoms with Crippen molar-refractivity contribution in [2.45, 2.75) is 12.8 Å². The maximum absolute atomic E-state index is 13.2. The van der Waals surface area contributed by atoms with E-state index >= 15 is 0 Å². The van der Waals surface area contributed by atoms with Crippen molar-refractivity contribution in [3.05, 3.63) is 124 Å². The maximum atomic E-state index is 13.2. The van der Waals surface area contributed by atoms with Crippen LogP contribution in [-0.4, -0.2) is 10.4 Å². The Hall–Kier alpha value is -3.69. The van der Waals surface area contributed by atoms with Crippen LogP contribution in [0.5, 0.6) is 0 Å². The number of rotatable bonds is 2. The van der Waals surface area contributed by atoms with Gasteiger partial charge in [-0.2, -0.15) is 0 Å². The molecule has 1 aromatic heterocycles. The van der Waals surface area contributed by atoms with Crippen molar-refractivity contribution in [1.29, 1.82) is 0 Å². The molecule has 162 valence electrons. The van der Waals surface area contributed by atoms with Crippen molar-refractivity contribution < 1.29 is 4.79 Å². The van der Waals surface area contributed by atoms with Crippen molar-refractivity contribution in [3.63, 3.8) is 0 Å². The van der Waals surface area contributed by atoms with Gasteiger partial charge in [0.1, 0.15) is 0 Å². The molecule has 0 amide bonds. The molecule has 0 N–H and O–H groups in total. The van der Waals surface area contributed by atoms with Crippen LogP contribution >= 0.6 is 15.9 Å². The van der Waals surface area contributed by atoms with Crippen molar-refractivity contribution in [1.82, 2.24) is 4.57 Å². The van der Waals surface area contributed by atoms with Crippen LogP contribution < -0.4 is 0 Å². The number of benzene rings is 4. The number of Topliss-reactive ketones (excluding diaryl/α,β-unsaturated/α-hetero) is 1. The summed E-state index contributed by atoms with van der Waals surface area (Å²) >= 11 is 3.72. The number of nitrogens with zero attached hydrogens (tertiary/aromatic N) is 1. The van der Waals surface area contributed by atoms with Crippen molar-refractivity contribution in [2.24, 2.45) is 0 Å². The van der Waals surface area contributed by atoms with E-state index in [-0.39, 0.29) is 5.78 Å². The minimum absolute atomic E-state index is 0.144. The fourth-order valence-electron chi connectivity index (χ4n) is 5.66. The number of para-hydroxylation sites is 2. The molecule has 0 bridgehead atoms. The minimum Gasteiger partial charge on any atom is -0.309 e. The van der Waals surface area contributed by atoms with Crippen LogP contribution in [0.25, 0.3) is 38.6 Å². The molecule has 1 heterocycles. The summed E-state index contributed by atoms with van der Waals surface area (Å²) in [6, 6.07) is 31.8. The molecular weight excluding hydrogens is 482 g/mol. The third-order valence-corrected chi connectivity index (χ3v) is 7.76. The van der Waals surface area contributed by atoms with Gasteiger partial charge in [0, 0.05) is 37.6 Å². The highest BCUT2D eigenvalue weighted by Crippen LogP contribution is 2.49. The predicted molar refractivity (Wildman–Crippen MR) is 143 cm³/mol. The fourth-order valence-corrected chi connectivity index (χ4v) is 6.22. The van der Waals surface area contributed by atoms with Gasteiger partial charge in [0.25, 0.3) is 0 Å². The van der Waals surface area contributed by atoms with Gasteiger partial charge in [0.2, 0.25) is 0 Å². The van der Waals surface area contributed by atoms with Gasteiger partial charge < -0.3 is 4.57 Å². The SMILES string of the molecule is O=C1C2=CCCC(c3ccc4c(c3)c3ccccc3n4-c3ccccc3)=C2c2c(Br)cccc21. The largest absolute Gasteiger partial charge is 0.309 e. The van der Waals surface area contributed by atoms with E-state index in [4.69, 9.17) is 0 Å². The second kappa shape index (κ2) is 7.41. The summed E-state index contributed by atoms with van der Waals surface area (Å²) in [6.07, 6.45) is 3.93.